The Morgan fingerprint density at radius 1 is 1.39 bits per heavy atom. The second-order valence-electron chi connectivity index (χ2n) is 5.00. The SMILES string of the molecule is CSCCc1ccc(N[C@@H](C)[C@@H]2CCOC2)cc1. The number of benzene rings is 1. The standard InChI is InChI=1S/C15H23NOS/c1-12(14-7-9-17-11-14)16-15-5-3-13(4-6-15)8-10-18-2/h3-6,12,14,16H,7-11H2,1-2H3/t12-,14+/m0/s1. The zero-order valence-corrected chi connectivity index (χ0v) is 12.1. The summed E-state index contributed by atoms with van der Waals surface area (Å²) in [7, 11) is 0. The summed E-state index contributed by atoms with van der Waals surface area (Å²) in [4.78, 5) is 0. The number of aryl methyl sites for hydroxylation is 1. The van der Waals surface area contributed by atoms with Crippen LogP contribution in [0.25, 0.3) is 0 Å². The van der Waals surface area contributed by atoms with Gasteiger partial charge in [0.25, 0.3) is 0 Å². The first-order valence-electron chi connectivity index (χ1n) is 6.72. The van der Waals surface area contributed by atoms with Gasteiger partial charge in [0.15, 0.2) is 0 Å². The molecule has 0 aromatic heterocycles. The van der Waals surface area contributed by atoms with Gasteiger partial charge in [0.2, 0.25) is 0 Å². The monoisotopic (exact) mass is 265 g/mol. The third-order valence-corrected chi connectivity index (χ3v) is 4.23. The lowest BCUT2D eigenvalue weighted by Gasteiger charge is -2.20. The predicted octanol–water partition coefficient (Wildman–Crippen LogP) is 3.43. The van der Waals surface area contributed by atoms with E-state index >= 15 is 0 Å². The molecule has 0 saturated carbocycles. The van der Waals surface area contributed by atoms with Crippen molar-refractivity contribution >= 4 is 17.4 Å². The first kappa shape index (κ1) is 13.8. The van der Waals surface area contributed by atoms with Gasteiger partial charge in [-0.3, -0.25) is 0 Å². The van der Waals surface area contributed by atoms with Crippen LogP contribution in [0.15, 0.2) is 24.3 Å². The van der Waals surface area contributed by atoms with Gasteiger partial charge < -0.3 is 10.1 Å². The Bertz CT molecular complexity index is 346. The van der Waals surface area contributed by atoms with Gasteiger partial charge in [0, 0.05) is 24.3 Å². The van der Waals surface area contributed by atoms with Crippen molar-refractivity contribution in [2.75, 3.05) is 30.5 Å². The van der Waals surface area contributed by atoms with E-state index in [-0.39, 0.29) is 0 Å². The summed E-state index contributed by atoms with van der Waals surface area (Å²) < 4.78 is 5.44. The van der Waals surface area contributed by atoms with Crippen LogP contribution in [0.4, 0.5) is 5.69 Å². The lowest BCUT2D eigenvalue weighted by Crippen LogP contribution is -2.26. The third-order valence-electron chi connectivity index (χ3n) is 3.62. The summed E-state index contributed by atoms with van der Waals surface area (Å²) in [5.41, 5.74) is 2.65. The normalized spacial score (nSPS) is 20.9. The maximum Gasteiger partial charge on any atom is 0.0514 e. The second kappa shape index (κ2) is 7.05. The molecule has 0 aliphatic carbocycles. The molecule has 1 saturated heterocycles. The Hall–Kier alpha value is -0.670. The highest BCUT2D eigenvalue weighted by Crippen LogP contribution is 2.20. The minimum atomic E-state index is 0.490. The van der Waals surface area contributed by atoms with E-state index in [0.29, 0.717) is 12.0 Å². The fourth-order valence-electron chi connectivity index (χ4n) is 2.32. The summed E-state index contributed by atoms with van der Waals surface area (Å²) in [5.74, 6) is 1.85. The van der Waals surface area contributed by atoms with Crippen molar-refractivity contribution in [1.82, 2.24) is 0 Å². The Morgan fingerprint density at radius 3 is 2.78 bits per heavy atom. The summed E-state index contributed by atoms with van der Waals surface area (Å²) >= 11 is 1.90. The van der Waals surface area contributed by atoms with Crippen LogP contribution in [0.3, 0.4) is 0 Å². The van der Waals surface area contributed by atoms with Crippen LogP contribution >= 0.6 is 11.8 Å². The summed E-state index contributed by atoms with van der Waals surface area (Å²) in [6.45, 7) is 4.07. The van der Waals surface area contributed by atoms with E-state index in [1.165, 1.54) is 23.4 Å². The molecule has 0 radical (unpaired) electrons. The van der Waals surface area contributed by atoms with E-state index in [0.717, 1.165) is 19.6 Å². The van der Waals surface area contributed by atoms with Gasteiger partial charge in [-0.25, -0.2) is 0 Å². The van der Waals surface area contributed by atoms with Crippen LogP contribution in [0, 0.1) is 5.92 Å². The van der Waals surface area contributed by atoms with E-state index in [1.807, 2.05) is 11.8 Å². The van der Waals surface area contributed by atoms with Crippen LogP contribution in [0.2, 0.25) is 0 Å². The van der Waals surface area contributed by atoms with Crippen molar-refractivity contribution in [1.29, 1.82) is 0 Å². The van der Waals surface area contributed by atoms with Crippen LogP contribution in [-0.2, 0) is 11.2 Å². The molecule has 100 valence electrons. The summed E-state index contributed by atoms with van der Waals surface area (Å²) in [6.07, 6.45) is 4.49. The smallest absolute Gasteiger partial charge is 0.0514 e. The molecule has 1 aromatic carbocycles. The number of hydrogen-bond acceptors (Lipinski definition) is 3. The van der Waals surface area contributed by atoms with E-state index in [9.17, 15) is 0 Å². The number of ether oxygens (including phenoxy) is 1. The van der Waals surface area contributed by atoms with Gasteiger partial charge in [-0.15, -0.1) is 0 Å². The van der Waals surface area contributed by atoms with E-state index in [2.05, 4.69) is 42.8 Å². The molecule has 0 unspecified atom stereocenters. The third kappa shape index (κ3) is 3.92. The van der Waals surface area contributed by atoms with Crippen LogP contribution in [0.5, 0.6) is 0 Å². The Kier molecular flexibility index (Phi) is 5.39. The van der Waals surface area contributed by atoms with Crippen molar-refractivity contribution in [2.45, 2.75) is 25.8 Å². The average Bonchev–Trinajstić information content (AvgIpc) is 2.92. The van der Waals surface area contributed by atoms with Crippen molar-refractivity contribution in [3.05, 3.63) is 29.8 Å². The molecule has 1 aliphatic heterocycles. The Morgan fingerprint density at radius 2 is 2.17 bits per heavy atom. The molecule has 1 aliphatic rings. The molecule has 1 fully saturated rings. The zero-order valence-electron chi connectivity index (χ0n) is 11.3. The Balaban J connectivity index is 1.85. The molecule has 1 N–H and O–H groups in total. The maximum absolute atomic E-state index is 5.44. The minimum absolute atomic E-state index is 0.490. The van der Waals surface area contributed by atoms with E-state index in [1.54, 1.807) is 0 Å². The maximum atomic E-state index is 5.44. The van der Waals surface area contributed by atoms with Crippen LogP contribution < -0.4 is 5.32 Å². The molecule has 2 nitrogen and oxygen atoms in total. The molecular formula is C15H23NOS. The van der Waals surface area contributed by atoms with Crippen LogP contribution in [-0.4, -0.2) is 31.3 Å². The molecule has 0 amide bonds. The second-order valence-corrected chi connectivity index (χ2v) is 5.98. The number of hydrogen-bond donors (Lipinski definition) is 1. The highest BCUT2D eigenvalue weighted by atomic mass is 32.2. The lowest BCUT2D eigenvalue weighted by molar-refractivity contribution is 0.183. The molecule has 0 bridgehead atoms. The van der Waals surface area contributed by atoms with Gasteiger partial charge in [0.1, 0.15) is 0 Å². The van der Waals surface area contributed by atoms with Gasteiger partial charge in [0.05, 0.1) is 6.61 Å². The van der Waals surface area contributed by atoms with Gasteiger partial charge >= 0.3 is 0 Å². The molecule has 2 rings (SSSR count). The largest absolute Gasteiger partial charge is 0.382 e. The summed E-state index contributed by atoms with van der Waals surface area (Å²) in [5, 5.41) is 3.58. The van der Waals surface area contributed by atoms with Crippen molar-refractivity contribution in [2.24, 2.45) is 5.92 Å². The van der Waals surface area contributed by atoms with E-state index in [4.69, 9.17) is 4.74 Å². The highest BCUT2D eigenvalue weighted by Gasteiger charge is 2.21. The first-order valence-corrected chi connectivity index (χ1v) is 8.11. The van der Waals surface area contributed by atoms with Crippen molar-refractivity contribution in [3.63, 3.8) is 0 Å². The molecule has 1 aromatic rings. The number of nitrogens with one attached hydrogen (secondary N) is 1. The highest BCUT2D eigenvalue weighted by molar-refractivity contribution is 7.98. The first-order chi connectivity index (χ1) is 8.79. The number of thioether (sulfide) groups is 1. The lowest BCUT2D eigenvalue weighted by atomic mass is 10.0. The molecule has 3 heteroatoms. The molecule has 0 spiro atoms. The summed E-state index contributed by atoms with van der Waals surface area (Å²) in [6, 6.07) is 9.35. The average molecular weight is 265 g/mol. The fourth-order valence-corrected chi connectivity index (χ4v) is 2.76. The Labute approximate surface area is 114 Å². The number of rotatable bonds is 6. The van der Waals surface area contributed by atoms with Gasteiger partial charge in [-0.1, -0.05) is 12.1 Å². The number of anilines is 1. The zero-order chi connectivity index (χ0) is 12.8. The molecule has 2 atom stereocenters. The van der Waals surface area contributed by atoms with Gasteiger partial charge in [-0.05, 0) is 49.5 Å². The predicted molar refractivity (Wildman–Crippen MR) is 80.5 cm³/mol. The quantitative estimate of drug-likeness (QED) is 0.851. The molecule has 1 heterocycles. The molecule has 18 heavy (non-hydrogen) atoms. The topological polar surface area (TPSA) is 21.3 Å². The van der Waals surface area contributed by atoms with Crippen LogP contribution in [0.1, 0.15) is 18.9 Å². The van der Waals surface area contributed by atoms with E-state index < -0.39 is 0 Å². The minimum Gasteiger partial charge on any atom is -0.382 e. The fraction of sp³-hybridized carbons (Fsp3) is 0.600. The van der Waals surface area contributed by atoms with Crippen molar-refractivity contribution < 1.29 is 4.74 Å². The molecular weight excluding hydrogens is 242 g/mol. The van der Waals surface area contributed by atoms with Crippen molar-refractivity contribution in [3.8, 4) is 0 Å². The van der Waals surface area contributed by atoms with Gasteiger partial charge in [-0.2, -0.15) is 11.8 Å².